The van der Waals surface area contributed by atoms with Crippen LogP contribution in [0.5, 0.6) is 0 Å². The molecule has 0 aromatic heterocycles. The van der Waals surface area contributed by atoms with Crippen molar-refractivity contribution < 1.29 is 24.5 Å². The molecule has 3 N–H and O–H groups in total. The van der Waals surface area contributed by atoms with Gasteiger partial charge in [-0.25, -0.2) is 4.79 Å². The first-order valence-corrected chi connectivity index (χ1v) is 7.03. The summed E-state index contributed by atoms with van der Waals surface area (Å²) in [5.41, 5.74) is 0.667. The van der Waals surface area contributed by atoms with Crippen LogP contribution in [0, 0.1) is 5.41 Å². The van der Waals surface area contributed by atoms with E-state index in [9.17, 15) is 9.59 Å². The summed E-state index contributed by atoms with van der Waals surface area (Å²) in [5, 5.41) is 6.50. The Hall–Kier alpha value is -1.43. The van der Waals surface area contributed by atoms with Crippen molar-refractivity contribution in [3.63, 3.8) is 0 Å². The van der Waals surface area contributed by atoms with Gasteiger partial charge < -0.3 is 20.4 Å². The summed E-state index contributed by atoms with van der Waals surface area (Å²) in [6.07, 6.45) is 7.01. The molecule has 21 heavy (non-hydrogen) atoms. The van der Waals surface area contributed by atoms with Crippen molar-refractivity contribution in [2.45, 2.75) is 66.7 Å². The maximum absolute atomic E-state index is 10.2. The van der Waals surface area contributed by atoms with E-state index in [-0.39, 0.29) is 12.1 Å². The molecule has 0 saturated carbocycles. The van der Waals surface area contributed by atoms with E-state index in [1.54, 1.807) is 13.8 Å². The van der Waals surface area contributed by atoms with Gasteiger partial charge in [-0.15, -0.1) is 0 Å². The van der Waals surface area contributed by atoms with Crippen LogP contribution in [0.15, 0.2) is 0 Å². The smallest absolute Gasteiger partial charge is 0.344 e. The number of ether oxygens (including phenoxy) is 2. The number of methoxy groups -OCH3 is 1. The number of nitrogens with one attached hydrogen (secondary N) is 1. The normalized spacial score (nSPS) is 7.90. The standard InChI is InChI=1S/C7H16.C5H8O4.C3H7N.H2O/c1-3-5-7-6-4-2;1-4(6)9-3-5(7)8-2;1-3(2)4;/h3-7H2,1-2H3;3H2,1-2H3;4H,1-2H3;1H2. The molecule has 128 valence electrons. The van der Waals surface area contributed by atoms with Crippen molar-refractivity contribution in [3.8, 4) is 0 Å². The van der Waals surface area contributed by atoms with Crippen LogP contribution in [0.1, 0.15) is 66.7 Å². The van der Waals surface area contributed by atoms with Crippen LogP contribution in [0.3, 0.4) is 0 Å². The minimum Gasteiger partial charge on any atom is -0.466 e. The van der Waals surface area contributed by atoms with Crippen molar-refractivity contribution in [1.29, 1.82) is 5.41 Å². The van der Waals surface area contributed by atoms with E-state index in [4.69, 9.17) is 5.41 Å². The monoisotopic (exact) mass is 307 g/mol. The highest BCUT2D eigenvalue weighted by Crippen LogP contribution is 2.00. The molecule has 0 rings (SSSR count). The molecule has 0 saturated heterocycles. The molecule has 0 aliphatic heterocycles. The molecular weight excluding hydrogens is 274 g/mol. The number of carbonyl (C=O) groups is 2. The molecule has 0 spiro atoms. The number of hydrogen-bond donors (Lipinski definition) is 1. The zero-order valence-corrected chi connectivity index (χ0v) is 14.4. The van der Waals surface area contributed by atoms with E-state index >= 15 is 0 Å². The lowest BCUT2D eigenvalue weighted by atomic mass is 10.2. The summed E-state index contributed by atoms with van der Waals surface area (Å²) in [7, 11) is 1.23. The predicted molar refractivity (Wildman–Crippen MR) is 85.8 cm³/mol. The molecule has 0 aliphatic rings. The first-order chi connectivity index (χ1) is 9.31. The number of esters is 2. The molecule has 0 aromatic carbocycles. The van der Waals surface area contributed by atoms with E-state index in [1.165, 1.54) is 46.1 Å². The maximum atomic E-state index is 10.2. The first-order valence-electron chi connectivity index (χ1n) is 7.03. The van der Waals surface area contributed by atoms with Crippen molar-refractivity contribution >= 4 is 17.7 Å². The molecule has 0 aliphatic carbocycles. The van der Waals surface area contributed by atoms with E-state index in [0.717, 1.165) is 0 Å². The Labute approximate surface area is 129 Å². The Morgan fingerprint density at radius 2 is 1.33 bits per heavy atom. The van der Waals surface area contributed by atoms with Gasteiger partial charge in [-0.1, -0.05) is 46.0 Å². The minimum atomic E-state index is -0.551. The summed E-state index contributed by atoms with van der Waals surface area (Å²) < 4.78 is 8.47. The Kier molecular flexibility index (Phi) is 31.3. The fourth-order valence-corrected chi connectivity index (χ4v) is 0.896. The summed E-state index contributed by atoms with van der Waals surface area (Å²) >= 11 is 0. The molecule has 0 bridgehead atoms. The van der Waals surface area contributed by atoms with Crippen LogP contribution in [-0.4, -0.2) is 36.8 Å². The Morgan fingerprint density at radius 1 is 0.952 bits per heavy atom. The van der Waals surface area contributed by atoms with Gasteiger partial charge in [-0.2, -0.15) is 0 Å². The number of unbranched alkanes of at least 4 members (excludes halogenated alkanes) is 4. The quantitative estimate of drug-likeness (QED) is 0.462. The van der Waals surface area contributed by atoms with Crippen LogP contribution in [0.2, 0.25) is 0 Å². The van der Waals surface area contributed by atoms with E-state index in [1.807, 2.05) is 0 Å². The summed E-state index contributed by atoms with van der Waals surface area (Å²) in [5.74, 6) is -1.04. The van der Waals surface area contributed by atoms with Crippen molar-refractivity contribution in [3.05, 3.63) is 0 Å². The number of rotatable bonds is 6. The van der Waals surface area contributed by atoms with Crippen LogP contribution in [-0.2, 0) is 19.1 Å². The second-order valence-electron chi connectivity index (χ2n) is 4.42. The highest BCUT2D eigenvalue weighted by molar-refractivity contribution is 5.75. The molecule has 0 amide bonds. The largest absolute Gasteiger partial charge is 0.466 e. The number of hydrogen-bond acceptors (Lipinski definition) is 5. The molecule has 0 atom stereocenters. The Morgan fingerprint density at radius 3 is 1.57 bits per heavy atom. The van der Waals surface area contributed by atoms with Crippen molar-refractivity contribution in [2.75, 3.05) is 13.7 Å². The lowest BCUT2D eigenvalue weighted by Gasteiger charge is -1.97. The fraction of sp³-hybridized carbons (Fsp3) is 0.800. The molecule has 0 heterocycles. The number of carbonyl (C=O) groups excluding carboxylic acids is 2. The third-order valence-corrected chi connectivity index (χ3v) is 1.83. The van der Waals surface area contributed by atoms with Crippen LogP contribution in [0.4, 0.5) is 0 Å². The van der Waals surface area contributed by atoms with Crippen molar-refractivity contribution in [1.82, 2.24) is 0 Å². The van der Waals surface area contributed by atoms with Gasteiger partial charge in [0.1, 0.15) is 0 Å². The Bertz CT molecular complexity index is 246. The lowest BCUT2D eigenvalue weighted by Crippen LogP contribution is -2.12. The molecule has 0 unspecified atom stereocenters. The first kappa shape index (κ1) is 27.8. The topological polar surface area (TPSA) is 108 Å². The van der Waals surface area contributed by atoms with Gasteiger partial charge in [0.05, 0.1) is 7.11 Å². The molecule has 6 heteroatoms. The summed E-state index contributed by atoms with van der Waals surface area (Å²) in [4.78, 5) is 20.3. The molecular formula is C15H33NO5. The van der Waals surface area contributed by atoms with E-state index in [2.05, 4.69) is 23.3 Å². The highest BCUT2D eigenvalue weighted by atomic mass is 16.6. The van der Waals surface area contributed by atoms with E-state index < -0.39 is 11.9 Å². The Balaban J connectivity index is -0.000000108. The average molecular weight is 307 g/mol. The predicted octanol–water partition coefficient (Wildman–Crippen LogP) is 2.92. The SMILES string of the molecule is CC(C)=N.CCCCCCC.COC(=O)COC(C)=O.O. The fourth-order valence-electron chi connectivity index (χ4n) is 0.896. The summed E-state index contributed by atoms with van der Waals surface area (Å²) in [6, 6.07) is 0. The highest BCUT2D eigenvalue weighted by Gasteiger charge is 2.00. The van der Waals surface area contributed by atoms with Gasteiger partial charge >= 0.3 is 11.9 Å². The van der Waals surface area contributed by atoms with Crippen LogP contribution < -0.4 is 0 Å². The van der Waals surface area contributed by atoms with Gasteiger partial charge in [0, 0.05) is 12.6 Å². The van der Waals surface area contributed by atoms with Gasteiger partial charge in [0.2, 0.25) is 0 Å². The summed E-state index contributed by atoms with van der Waals surface area (Å²) in [6.45, 7) is 8.92. The molecule has 0 fully saturated rings. The second-order valence-corrected chi connectivity index (χ2v) is 4.42. The van der Waals surface area contributed by atoms with Gasteiger partial charge in [-0.3, -0.25) is 4.79 Å². The molecule has 6 nitrogen and oxygen atoms in total. The minimum absolute atomic E-state index is 0. The second kappa shape index (κ2) is 23.6. The maximum Gasteiger partial charge on any atom is 0.344 e. The van der Waals surface area contributed by atoms with Crippen molar-refractivity contribution in [2.24, 2.45) is 0 Å². The van der Waals surface area contributed by atoms with Crippen LogP contribution >= 0.6 is 0 Å². The third-order valence-electron chi connectivity index (χ3n) is 1.83. The molecule has 0 aromatic rings. The van der Waals surface area contributed by atoms with E-state index in [0.29, 0.717) is 5.71 Å². The van der Waals surface area contributed by atoms with Gasteiger partial charge in [0.15, 0.2) is 6.61 Å². The molecule has 0 radical (unpaired) electrons. The van der Waals surface area contributed by atoms with Gasteiger partial charge in [0.25, 0.3) is 0 Å². The van der Waals surface area contributed by atoms with Gasteiger partial charge in [-0.05, 0) is 13.8 Å². The lowest BCUT2D eigenvalue weighted by molar-refractivity contribution is -0.155. The zero-order valence-electron chi connectivity index (χ0n) is 14.4. The van der Waals surface area contributed by atoms with Crippen LogP contribution in [0.25, 0.3) is 0 Å². The average Bonchev–Trinajstić information content (AvgIpc) is 2.36. The third kappa shape index (κ3) is 55.7. The zero-order chi connectivity index (χ0) is 16.4.